The predicted molar refractivity (Wildman–Crippen MR) is 136 cm³/mol. The van der Waals surface area contributed by atoms with Gasteiger partial charge in [0.05, 0.1) is 17.4 Å². The number of amides is 4. The van der Waals surface area contributed by atoms with Gasteiger partial charge in [0.25, 0.3) is 0 Å². The number of anilines is 2. The van der Waals surface area contributed by atoms with Crippen molar-refractivity contribution in [2.24, 2.45) is 0 Å². The topological polar surface area (TPSA) is 94.6 Å². The number of pyridine rings is 1. The molecule has 8 nitrogen and oxygen atoms in total. The standard InChI is InChI=1S/C26H29N5O3S/c1-5-20(32)30-11-9-17(13-30)28-24(33)23-22-21-19(8-10-27-25(21)35-23)31(26(34)29-22)18-7-6-16(14(2)3)12-15(18)4/h5-8,10,12,14,17,22-23H,1,9,11,13H2,2-4H3,(H,28,33)(H,29,34)/t17?,22?,23-/m1/s1. The Bertz CT molecular complexity index is 1230. The summed E-state index contributed by atoms with van der Waals surface area (Å²) in [6.07, 6.45) is 3.68. The third-order valence-electron chi connectivity index (χ3n) is 6.91. The van der Waals surface area contributed by atoms with Crippen LogP contribution < -0.4 is 15.5 Å². The van der Waals surface area contributed by atoms with E-state index in [9.17, 15) is 14.4 Å². The maximum absolute atomic E-state index is 13.4. The number of thioether (sulfide) groups is 1. The van der Waals surface area contributed by atoms with Crippen LogP contribution in [-0.2, 0) is 9.59 Å². The van der Waals surface area contributed by atoms with Gasteiger partial charge in [-0.2, -0.15) is 0 Å². The minimum Gasteiger partial charge on any atom is -0.350 e. The maximum atomic E-state index is 13.4. The highest BCUT2D eigenvalue weighted by atomic mass is 32.2. The van der Waals surface area contributed by atoms with Crippen molar-refractivity contribution in [1.82, 2.24) is 20.5 Å². The van der Waals surface area contributed by atoms with Crippen molar-refractivity contribution >= 4 is 41.0 Å². The van der Waals surface area contributed by atoms with Gasteiger partial charge in [-0.25, -0.2) is 9.78 Å². The molecule has 3 aliphatic heterocycles. The van der Waals surface area contributed by atoms with Crippen LogP contribution in [0.1, 0.15) is 48.9 Å². The van der Waals surface area contributed by atoms with Crippen molar-refractivity contribution in [3.05, 3.63) is 59.8 Å². The summed E-state index contributed by atoms with van der Waals surface area (Å²) >= 11 is 1.37. The zero-order valence-corrected chi connectivity index (χ0v) is 20.9. The monoisotopic (exact) mass is 491 g/mol. The number of carbonyl (C=O) groups is 3. The van der Waals surface area contributed by atoms with Crippen molar-refractivity contribution in [1.29, 1.82) is 0 Å². The summed E-state index contributed by atoms with van der Waals surface area (Å²) in [6, 6.07) is 7.15. The van der Waals surface area contributed by atoms with E-state index in [4.69, 9.17) is 0 Å². The second-order valence-electron chi connectivity index (χ2n) is 9.53. The van der Waals surface area contributed by atoms with Gasteiger partial charge in [-0.15, -0.1) is 0 Å². The van der Waals surface area contributed by atoms with Crippen molar-refractivity contribution < 1.29 is 14.4 Å². The lowest BCUT2D eigenvalue weighted by Gasteiger charge is -2.35. The van der Waals surface area contributed by atoms with Crippen LogP contribution in [0.5, 0.6) is 0 Å². The Hall–Kier alpha value is -3.33. The fraction of sp³-hybridized carbons (Fsp3) is 0.385. The van der Waals surface area contributed by atoms with E-state index in [1.165, 1.54) is 23.4 Å². The molecule has 35 heavy (non-hydrogen) atoms. The van der Waals surface area contributed by atoms with E-state index in [-0.39, 0.29) is 23.9 Å². The van der Waals surface area contributed by atoms with Gasteiger partial charge in [0.15, 0.2) is 0 Å². The van der Waals surface area contributed by atoms with Crippen LogP contribution in [0.4, 0.5) is 16.2 Å². The molecule has 4 amide bonds. The quantitative estimate of drug-likeness (QED) is 0.621. The van der Waals surface area contributed by atoms with Crippen molar-refractivity contribution in [3.63, 3.8) is 0 Å². The molecule has 1 saturated heterocycles. The first kappa shape index (κ1) is 23.4. The number of hydrogen-bond donors (Lipinski definition) is 2. The minimum atomic E-state index is -0.529. The molecule has 0 aliphatic carbocycles. The third-order valence-corrected chi connectivity index (χ3v) is 8.20. The highest BCUT2D eigenvalue weighted by molar-refractivity contribution is 8.01. The Morgan fingerprint density at radius 2 is 2.09 bits per heavy atom. The molecule has 3 aliphatic rings. The first-order valence-corrected chi connectivity index (χ1v) is 12.7. The lowest BCUT2D eigenvalue weighted by molar-refractivity contribution is -0.126. The molecule has 0 saturated carbocycles. The van der Waals surface area contributed by atoms with Gasteiger partial charge in [0.2, 0.25) is 11.8 Å². The Morgan fingerprint density at radius 1 is 1.29 bits per heavy atom. The van der Waals surface area contributed by atoms with Crippen molar-refractivity contribution in [3.8, 4) is 0 Å². The van der Waals surface area contributed by atoms with Gasteiger partial charge in [0.1, 0.15) is 10.3 Å². The van der Waals surface area contributed by atoms with E-state index >= 15 is 0 Å². The molecule has 1 fully saturated rings. The smallest absolute Gasteiger partial charge is 0.327 e. The third kappa shape index (κ3) is 4.07. The Balaban J connectivity index is 1.40. The van der Waals surface area contributed by atoms with Gasteiger partial charge in [-0.1, -0.05) is 44.3 Å². The molecule has 2 aromatic rings. The summed E-state index contributed by atoms with van der Waals surface area (Å²) in [6.45, 7) is 10.9. The van der Waals surface area contributed by atoms with Crippen LogP contribution in [0, 0.1) is 6.92 Å². The molecule has 1 aromatic carbocycles. The number of urea groups is 1. The summed E-state index contributed by atoms with van der Waals surface area (Å²) in [5, 5.41) is 6.37. The first-order chi connectivity index (χ1) is 16.8. The summed E-state index contributed by atoms with van der Waals surface area (Å²) in [4.78, 5) is 46.4. The van der Waals surface area contributed by atoms with Gasteiger partial charge in [-0.3, -0.25) is 14.5 Å². The zero-order chi connectivity index (χ0) is 24.9. The van der Waals surface area contributed by atoms with Crippen LogP contribution in [0.15, 0.2) is 48.1 Å². The number of benzene rings is 1. The van der Waals surface area contributed by atoms with Crippen molar-refractivity contribution in [2.75, 3.05) is 18.0 Å². The highest BCUT2D eigenvalue weighted by Crippen LogP contribution is 2.51. The Labute approximate surface area is 209 Å². The van der Waals surface area contributed by atoms with E-state index < -0.39 is 11.3 Å². The van der Waals surface area contributed by atoms with Gasteiger partial charge in [-0.05, 0) is 48.6 Å². The molecule has 9 heteroatoms. The lowest BCUT2D eigenvalue weighted by atomic mass is 9.97. The first-order valence-electron chi connectivity index (χ1n) is 11.9. The normalized spacial score (nSPS) is 22.7. The highest BCUT2D eigenvalue weighted by Gasteiger charge is 2.47. The van der Waals surface area contributed by atoms with Crippen LogP contribution >= 0.6 is 11.8 Å². The molecular formula is C26H29N5O3S. The molecule has 1 aromatic heterocycles. The number of aryl methyl sites for hydroxylation is 1. The molecule has 5 rings (SSSR count). The Kier molecular flexibility index (Phi) is 6.04. The minimum absolute atomic E-state index is 0.124. The fourth-order valence-corrected chi connectivity index (χ4v) is 6.28. The van der Waals surface area contributed by atoms with Crippen molar-refractivity contribution in [2.45, 2.75) is 55.5 Å². The van der Waals surface area contributed by atoms with E-state index in [1.807, 2.05) is 19.1 Å². The van der Waals surface area contributed by atoms with E-state index in [0.717, 1.165) is 27.5 Å². The zero-order valence-electron chi connectivity index (χ0n) is 20.1. The SMILES string of the molecule is C=CC(=O)N1CCC(NC(=O)[C@@H]2Sc3nccc4c3C2NC(=O)N4c2ccc(C(C)C)cc2C)C1. The fourth-order valence-electron chi connectivity index (χ4n) is 5.04. The molecule has 0 spiro atoms. The molecule has 4 heterocycles. The average Bonchev–Trinajstić information content (AvgIpc) is 3.45. The van der Waals surface area contributed by atoms with Crippen LogP contribution in [0.3, 0.4) is 0 Å². The molecule has 2 unspecified atom stereocenters. The second kappa shape index (κ2) is 9.03. The summed E-state index contributed by atoms with van der Waals surface area (Å²) in [5.74, 6) is 0.104. The van der Waals surface area contributed by atoms with E-state index in [1.54, 1.807) is 16.0 Å². The summed E-state index contributed by atoms with van der Waals surface area (Å²) < 4.78 is 0. The molecular weight excluding hydrogens is 462 g/mol. The van der Waals surface area contributed by atoms with Crippen LogP contribution in [-0.4, -0.2) is 52.1 Å². The maximum Gasteiger partial charge on any atom is 0.327 e. The lowest BCUT2D eigenvalue weighted by Crippen LogP contribution is -2.50. The average molecular weight is 492 g/mol. The van der Waals surface area contributed by atoms with E-state index in [0.29, 0.717) is 25.4 Å². The van der Waals surface area contributed by atoms with Gasteiger partial charge >= 0.3 is 6.03 Å². The summed E-state index contributed by atoms with van der Waals surface area (Å²) in [5.41, 5.74) is 4.67. The van der Waals surface area contributed by atoms with E-state index in [2.05, 4.69) is 48.2 Å². The largest absolute Gasteiger partial charge is 0.350 e. The molecule has 182 valence electrons. The number of hydrogen-bond acceptors (Lipinski definition) is 5. The number of nitrogens with one attached hydrogen (secondary N) is 2. The molecule has 0 bridgehead atoms. The number of likely N-dealkylation sites (tertiary alicyclic amines) is 1. The molecule has 2 N–H and O–H groups in total. The number of aromatic nitrogens is 1. The van der Waals surface area contributed by atoms with Gasteiger partial charge in [0, 0.05) is 30.9 Å². The number of nitrogens with zero attached hydrogens (tertiary/aromatic N) is 3. The Morgan fingerprint density at radius 3 is 2.80 bits per heavy atom. The number of rotatable bonds is 5. The second-order valence-corrected chi connectivity index (χ2v) is 10.7. The predicted octanol–water partition coefficient (Wildman–Crippen LogP) is 3.79. The summed E-state index contributed by atoms with van der Waals surface area (Å²) in [7, 11) is 0. The van der Waals surface area contributed by atoms with Gasteiger partial charge < -0.3 is 15.5 Å². The molecule has 0 radical (unpaired) electrons. The van der Waals surface area contributed by atoms with Crippen LogP contribution in [0.25, 0.3) is 0 Å². The van der Waals surface area contributed by atoms with Crippen LogP contribution in [0.2, 0.25) is 0 Å². The number of carbonyl (C=O) groups excluding carboxylic acids is 3. The molecule has 3 atom stereocenters.